The van der Waals surface area contributed by atoms with Crippen molar-refractivity contribution in [1.29, 1.82) is 5.26 Å². The van der Waals surface area contributed by atoms with Gasteiger partial charge in [-0.2, -0.15) is 5.26 Å². The van der Waals surface area contributed by atoms with Crippen LogP contribution in [0.4, 0.5) is 5.69 Å². The fourth-order valence-corrected chi connectivity index (χ4v) is 4.13. The van der Waals surface area contributed by atoms with E-state index in [0.29, 0.717) is 5.56 Å². The van der Waals surface area contributed by atoms with Gasteiger partial charge >= 0.3 is 0 Å². The van der Waals surface area contributed by atoms with Crippen LogP contribution in [0, 0.1) is 18.3 Å². The molecule has 3 nitrogen and oxygen atoms in total. The van der Waals surface area contributed by atoms with Crippen LogP contribution in [0.25, 0.3) is 10.9 Å². The Morgan fingerprint density at radius 2 is 2.04 bits per heavy atom. The van der Waals surface area contributed by atoms with Crippen molar-refractivity contribution < 1.29 is 0 Å². The van der Waals surface area contributed by atoms with E-state index in [1.54, 1.807) is 18.1 Å². The molecule has 0 radical (unpaired) electrons. The van der Waals surface area contributed by atoms with Crippen LogP contribution in [0.3, 0.4) is 0 Å². The molecule has 0 spiro atoms. The van der Waals surface area contributed by atoms with Crippen LogP contribution in [-0.4, -0.2) is 18.3 Å². The third-order valence-corrected chi connectivity index (χ3v) is 5.90. The van der Waals surface area contributed by atoms with Crippen LogP contribution < -0.4 is 10.0 Å². The summed E-state index contributed by atoms with van der Waals surface area (Å²) >= 11 is 1.60. The standard InChI is InChI=1S/C18H18N3PS/c1-12-7-8-16(18-17(12)13(10-19)11-20-18)21-23-15-6-4-5-14(9-15)22(2)3/h4-9,11,20-21H,1-3H3. The Labute approximate surface area is 142 Å². The number of hydrogen-bond donors (Lipinski definition) is 2. The second kappa shape index (κ2) is 6.66. The summed E-state index contributed by atoms with van der Waals surface area (Å²) in [5.74, 6) is 0. The van der Waals surface area contributed by atoms with Gasteiger partial charge in [-0.25, -0.2) is 0 Å². The molecule has 0 aliphatic rings. The predicted molar refractivity (Wildman–Crippen MR) is 102 cm³/mol. The summed E-state index contributed by atoms with van der Waals surface area (Å²) in [4.78, 5) is 4.41. The van der Waals surface area contributed by atoms with Gasteiger partial charge in [0.2, 0.25) is 0 Å². The normalized spacial score (nSPS) is 10.9. The lowest BCUT2D eigenvalue weighted by Gasteiger charge is -2.11. The number of fused-ring (bicyclic) bond motifs is 1. The van der Waals surface area contributed by atoms with Gasteiger partial charge in [0.1, 0.15) is 6.07 Å². The molecular weight excluding hydrogens is 321 g/mol. The molecule has 0 bridgehead atoms. The van der Waals surface area contributed by atoms with E-state index >= 15 is 0 Å². The van der Waals surface area contributed by atoms with E-state index in [-0.39, 0.29) is 7.92 Å². The zero-order valence-corrected chi connectivity index (χ0v) is 15.1. The Balaban J connectivity index is 1.88. The quantitative estimate of drug-likeness (QED) is 0.528. The summed E-state index contributed by atoms with van der Waals surface area (Å²) in [7, 11) is -0.0916. The minimum atomic E-state index is -0.0916. The molecule has 0 aliphatic carbocycles. The molecule has 0 fully saturated rings. The van der Waals surface area contributed by atoms with Gasteiger partial charge in [0, 0.05) is 16.5 Å². The SMILES string of the molecule is Cc1ccc(NSc2cccc(P(C)C)c2)c2[nH]cc(C#N)c12. The zero-order valence-electron chi connectivity index (χ0n) is 13.3. The minimum Gasteiger partial charge on any atom is -0.358 e. The van der Waals surface area contributed by atoms with Crippen LogP contribution >= 0.6 is 19.9 Å². The van der Waals surface area contributed by atoms with Gasteiger partial charge in [-0.05, 0) is 61.3 Å². The second-order valence-corrected chi connectivity index (χ2v) is 8.77. The number of aromatic nitrogens is 1. The maximum Gasteiger partial charge on any atom is 0.101 e. The summed E-state index contributed by atoms with van der Waals surface area (Å²) < 4.78 is 3.42. The van der Waals surface area contributed by atoms with Crippen molar-refractivity contribution in [2.24, 2.45) is 0 Å². The maximum atomic E-state index is 9.24. The molecule has 1 heterocycles. The molecular formula is C18H18N3PS. The first-order valence-electron chi connectivity index (χ1n) is 7.31. The molecule has 5 heteroatoms. The first-order chi connectivity index (χ1) is 11.1. The summed E-state index contributed by atoms with van der Waals surface area (Å²) in [6, 6.07) is 15.0. The maximum absolute atomic E-state index is 9.24. The predicted octanol–water partition coefficient (Wildman–Crippen LogP) is 4.83. The van der Waals surface area contributed by atoms with Gasteiger partial charge in [0.15, 0.2) is 0 Å². The van der Waals surface area contributed by atoms with E-state index in [1.807, 2.05) is 13.0 Å². The van der Waals surface area contributed by atoms with Gasteiger partial charge < -0.3 is 9.71 Å². The molecule has 0 saturated heterocycles. The Kier molecular flexibility index (Phi) is 4.61. The molecule has 23 heavy (non-hydrogen) atoms. The van der Waals surface area contributed by atoms with E-state index in [1.165, 1.54) is 10.2 Å². The average Bonchev–Trinajstić information content (AvgIpc) is 2.99. The van der Waals surface area contributed by atoms with E-state index in [2.05, 4.69) is 59.4 Å². The van der Waals surface area contributed by atoms with E-state index < -0.39 is 0 Å². The molecule has 116 valence electrons. The number of benzene rings is 2. The van der Waals surface area contributed by atoms with Gasteiger partial charge in [-0.1, -0.05) is 26.1 Å². The molecule has 3 aromatic rings. The lowest BCUT2D eigenvalue weighted by molar-refractivity contribution is 1.44. The Bertz CT molecular complexity index is 893. The highest BCUT2D eigenvalue weighted by atomic mass is 32.2. The molecule has 0 atom stereocenters. The Morgan fingerprint density at radius 1 is 1.22 bits per heavy atom. The zero-order chi connectivity index (χ0) is 16.4. The second-order valence-electron chi connectivity index (χ2n) is 5.59. The lowest BCUT2D eigenvalue weighted by atomic mass is 10.1. The third kappa shape index (κ3) is 3.22. The van der Waals surface area contributed by atoms with Crippen molar-refractivity contribution in [1.82, 2.24) is 4.98 Å². The average molecular weight is 339 g/mol. The van der Waals surface area contributed by atoms with Crippen molar-refractivity contribution >= 4 is 41.8 Å². The fourth-order valence-electron chi connectivity index (χ4n) is 2.53. The lowest BCUT2D eigenvalue weighted by Crippen LogP contribution is -1.99. The van der Waals surface area contributed by atoms with Crippen LogP contribution in [0.1, 0.15) is 11.1 Å². The van der Waals surface area contributed by atoms with Crippen LogP contribution in [0.15, 0.2) is 47.5 Å². The Morgan fingerprint density at radius 3 is 2.78 bits per heavy atom. The molecule has 3 rings (SSSR count). The number of nitrogens with zero attached hydrogens (tertiary/aromatic N) is 1. The van der Waals surface area contributed by atoms with Crippen molar-refractivity contribution in [2.45, 2.75) is 11.8 Å². The number of nitrogens with one attached hydrogen (secondary N) is 2. The van der Waals surface area contributed by atoms with Crippen molar-refractivity contribution in [3.8, 4) is 6.07 Å². The molecule has 2 aromatic carbocycles. The molecule has 1 aromatic heterocycles. The summed E-state index contributed by atoms with van der Waals surface area (Å²) in [5, 5.41) is 11.6. The molecule has 0 aliphatic heterocycles. The number of H-pyrrole nitrogens is 1. The van der Waals surface area contributed by atoms with Gasteiger partial charge in [-0.3, -0.25) is 0 Å². The number of anilines is 1. The highest BCUT2D eigenvalue weighted by molar-refractivity contribution is 8.00. The molecule has 0 amide bonds. The molecule has 0 unspecified atom stereocenters. The minimum absolute atomic E-state index is 0.0916. The summed E-state index contributed by atoms with van der Waals surface area (Å²) in [5.41, 5.74) is 3.78. The van der Waals surface area contributed by atoms with Gasteiger partial charge in [0.25, 0.3) is 0 Å². The van der Waals surface area contributed by atoms with Gasteiger partial charge in [-0.15, -0.1) is 0 Å². The fraction of sp³-hybridized carbons (Fsp3) is 0.167. The first kappa shape index (κ1) is 15.9. The number of rotatable bonds is 4. The first-order valence-corrected chi connectivity index (χ1v) is 10.4. The largest absolute Gasteiger partial charge is 0.358 e. The smallest absolute Gasteiger partial charge is 0.101 e. The Hall–Kier alpha value is -1.95. The monoisotopic (exact) mass is 339 g/mol. The van der Waals surface area contributed by atoms with Crippen LogP contribution in [0.5, 0.6) is 0 Å². The summed E-state index contributed by atoms with van der Waals surface area (Å²) in [6.07, 6.45) is 1.77. The van der Waals surface area contributed by atoms with E-state index in [4.69, 9.17) is 0 Å². The van der Waals surface area contributed by atoms with Gasteiger partial charge in [0.05, 0.1) is 16.8 Å². The van der Waals surface area contributed by atoms with Crippen molar-refractivity contribution in [3.05, 3.63) is 53.7 Å². The summed E-state index contributed by atoms with van der Waals surface area (Å²) in [6.45, 7) is 6.55. The number of aromatic amines is 1. The highest BCUT2D eigenvalue weighted by Gasteiger charge is 2.10. The number of hydrogen-bond acceptors (Lipinski definition) is 3. The molecule has 0 saturated carbocycles. The van der Waals surface area contributed by atoms with Crippen LogP contribution in [0.2, 0.25) is 0 Å². The van der Waals surface area contributed by atoms with Crippen LogP contribution in [-0.2, 0) is 0 Å². The highest BCUT2D eigenvalue weighted by Crippen LogP contribution is 2.32. The number of nitriles is 1. The van der Waals surface area contributed by atoms with Crippen molar-refractivity contribution in [2.75, 3.05) is 18.1 Å². The topological polar surface area (TPSA) is 51.6 Å². The van der Waals surface area contributed by atoms with E-state index in [0.717, 1.165) is 22.2 Å². The van der Waals surface area contributed by atoms with E-state index in [9.17, 15) is 5.26 Å². The molecule has 2 N–H and O–H groups in total. The third-order valence-electron chi connectivity index (χ3n) is 3.78. The van der Waals surface area contributed by atoms with Crippen molar-refractivity contribution in [3.63, 3.8) is 0 Å². The number of aryl methyl sites for hydroxylation is 1.